The number of rotatable bonds is 8. The maximum atomic E-state index is 12.1. The summed E-state index contributed by atoms with van der Waals surface area (Å²) in [6.07, 6.45) is 4.34. The highest BCUT2D eigenvalue weighted by atomic mass is 32.2. The Morgan fingerprint density at radius 1 is 1.15 bits per heavy atom. The lowest BCUT2D eigenvalue weighted by Crippen LogP contribution is -2.34. The number of aromatic nitrogens is 1. The van der Waals surface area contributed by atoms with Gasteiger partial charge in [-0.3, -0.25) is 18.9 Å². The molecule has 7 nitrogen and oxygen atoms in total. The third-order valence-electron chi connectivity index (χ3n) is 3.72. The Kier molecular flexibility index (Phi) is 6.46. The second-order valence-corrected chi connectivity index (χ2v) is 7.73. The van der Waals surface area contributed by atoms with Crippen LogP contribution in [-0.4, -0.2) is 37.9 Å². The van der Waals surface area contributed by atoms with Gasteiger partial charge in [0, 0.05) is 37.5 Å². The number of carbonyl (C=O) groups excluding carboxylic acids is 2. The molecule has 138 valence electrons. The van der Waals surface area contributed by atoms with Crippen molar-refractivity contribution >= 4 is 27.4 Å². The standard InChI is InChI=1S/C18H21N3O4S/c1-14(22)16-4-3-5-17(12-16)21(26(2,24)25)11-8-18(23)20-13-15-6-9-19-10-7-15/h3-7,9-10,12H,8,11,13H2,1-2H3,(H,20,23). The summed E-state index contributed by atoms with van der Waals surface area (Å²) >= 11 is 0. The molecule has 0 aliphatic rings. The molecule has 0 saturated carbocycles. The number of amides is 1. The first-order valence-electron chi connectivity index (χ1n) is 8.01. The van der Waals surface area contributed by atoms with Crippen LogP contribution in [0.25, 0.3) is 0 Å². The Hall–Kier alpha value is -2.74. The molecular weight excluding hydrogens is 354 g/mol. The molecule has 0 bridgehead atoms. The van der Waals surface area contributed by atoms with E-state index in [1.807, 2.05) is 0 Å². The van der Waals surface area contributed by atoms with Crippen molar-refractivity contribution in [3.8, 4) is 0 Å². The smallest absolute Gasteiger partial charge is 0.232 e. The Balaban J connectivity index is 2.03. The molecule has 1 aromatic carbocycles. The van der Waals surface area contributed by atoms with Crippen LogP contribution in [0.2, 0.25) is 0 Å². The van der Waals surface area contributed by atoms with Gasteiger partial charge in [-0.2, -0.15) is 0 Å². The number of benzene rings is 1. The lowest BCUT2D eigenvalue weighted by Gasteiger charge is -2.22. The van der Waals surface area contributed by atoms with Crippen molar-refractivity contribution in [2.45, 2.75) is 19.9 Å². The van der Waals surface area contributed by atoms with Crippen LogP contribution in [-0.2, 0) is 21.4 Å². The molecule has 1 N–H and O–H groups in total. The summed E-state index contributed by atoms with van der Waals surface area (Å²) in [5, 5.41) is 2.74. The molecule has 26 heavy (non-hydrogen) atoms. The Labute approximate surface area is 153 Å². The van der Waals surface area contributed by atoms with Crippen molar-refractivity contribution in [3.63, 3.8) is 0 Å². The normalized spacial score (nSPS) is 11.0. The van der Waals surface area contributed by atoms with Gasteiger partial charge in [-0.15, -0.1) is 0 Å². The molecule has 0 saturated heterocycles. The quantitative estimate of drug-likeness (QED) is 0.709. The first kappa shape index (κ1) is 19.6. The fourth-order valence-corrected chi connectivity index (χ4v) is 3.28. The van der Waals surface area contributed by atoms with Crippen molar-refractivity contribution in [1.82, 2.24) is 10.3 Å². The molecule has 0 aliphatic heterocycles. The topological polar surface area (TPSA) is 96.4 Å². The van der Waals surface area contributed by atoms with Crippen LogP contribution < -0.4 is 9.62 Å². The van der Waals surface area contributed by atoms with E-state index in [0.29, 0.717) is 17.8 Å². The van der Waals surface area contributed by atoms with Crippen molar-refractivity contribution in [1.29, 1.82) is 0 Å². The summed E-state index contributed by atoms with van der Waals surface area (Å²) in [4.78, 5) is 27.5. The van der Waals surface area contributed by atoms with E-state index in [1.54, 1.807) is 42.7 Å². The van der Waals surface area contributed by atoms with Gasteiger partial charge in [0.1, 0.15) is 0 Å². The van der Waals surface area contributed by atoms with Crippen molar-refractivity contribution in [3.05, 3.63) is 59.9 Å². The summed E-state index contributed by atoms with van der Waals surface area (Å²) in [6, 6.07) is 9.93. The molecule has 1 heterocycles. The maximum absolute atomic E-state index is 12.1. The molecule has 0 fully saturated rings. The molecule has 1 amide bonds. The zero-order chi connectivity index (χ0) is 19.2. The number of ketones is 1. The molecule has 0 aliphatic carbocycles. The highest BCUT2D eigenvalue weighted by Crippen LogP contribution is 2.20. The van der Waals surface area contributed by atoms with E-state index in [9.17, 15) is 18.0 Å². The average molecular weight is 375 g/mol. The van der Waals surface area contributed by atoms with Crippen LogP contribution in [0.1, 0.15) is 29.3 Å². The lowest BCUT2D eigenvalue weighted by atomic mass is 10.1. The molecule has 0 spiro atoms. The number of carbonyl (C=O) groups is 2. The number of pyridine rings is 1. The molecule has 0 unspecified atom stereocenters. The molecular formula is C18H21N3O4S. The van der Waals surface area contributed by atoms with E-state index in [2.05, 4.69) is 10.3 Å². The van der Waals surface area contributed by atoms with Crippen LogP contribution >= 0.6 is 0 Å². The molecule has 0 radical (unpaired) electrons. The molecule has 8 heteroatoms. The summed E-state index contributed by atoms with van der Waals surface area (Å²) in [7, 11) is -3.59. The lowest BCUT2D eigenvalue weighted by molar-refractivity contribution is -0.121. The van der Waals surface area contributed by atoms with Gasteiger partial charge < -0.3 is 5.32 Å². The Bertz CT molecular complexity index is 882. The van der Waals surface area contributed by atoms with E-state index in [4.69, 9.17) is 0 Å². The van der Waals surface area contributed by atoms with Gasteiger partial charge >= 0.3 is 0 Å². The highest BCUT2D eigenvalue weighted by molar-refractivity contribution is 7.92. The van der Waals surface area contributed by atoms with Gasteiger partial charge in [-0.05, 0) is 36.8 Å². The fourth-order valence-electron chi connectivity index (χ4n) is 2.36. The molecule has 1 aromatic heterocycles. The predicted molar refractivity (Wildman–Crippen MR) is 99.3 cm³/mol. The number of hydrogen-bond acceptors (Lipinski definition) is 5. The van der Waals surface area contributed by atoms with E-state index in [0.717, 1.165) is 16.1 Å². The van der Waals surface area contributed by atoms with Crippen LogP contribution in [0.15, 0.2) is 48.8 Å². The van der Waals surface area contributed by atoms with E-state index < -0.39 is 10.0 Å². The van der Waals surface area contributed by atoms with E-state index in [1.165, 1.54) is 13.0 Å². The Morgan fingerprint density at radius 3 is 2.46 bits per heavy atom. The number of sulfonamides is 1. The first-order chi connectivity index (χ1) is 12.3. The second kappa shape index (κ2) is 8.57. The number of anilines is 1. The van der Waals surface area contributed by atoms with Gasteiger partial charge in [-0.25, -0.2) is 8.42 Å². The zero-order valence-corrected chi connectivity index (χ0v) is 15.5. The SMILES string of the molecule is CC(=O)c1cccc(N(CCC(=O)NCc2ccncc2)S(C)(=O)=O)c1. The summed E-state index contributed by atoms with van der Waals surface area (Å²) in [6.45, 7) is 1.75. The summed E-state index contributed by atoms with van der Waals surface area (Å²) in [5.74, 6) is -0.423. The average Bonchev–Trinajstić information content (AvgIpc) is 2.60. The van der Waals surface area contributed by atoms with Gasteiger partial charge in [0.25, 0.3) is 0 Å². The maximum Gasteiger partial charge on any atom is 0.232 e. The molecule has 0 atom stereocenters. The van der Waals surface area contributed by atoms with E-state index >= 15 is 0 Å². The summed E-state index contributed by atoms with van der Waals surface area (Å²) < 4.78 is 25.3. The van der Waals surface area contributed by atoms with E-state index in [-0.39, 0.29) is 24.7 Å². The van der Waals surface area contributed by atoms with Crippen molar-refractivity contribution < 1.29 is 18.0 Å². The minimum absolute atomic E-state index is 0.00243. The minimum atomic E-state index is -3.59. The van der Waals surface area contributed by atoms with Crippen molar-refractivity contribution in [2.24, 2.45) is 0 Å². The number of hydrogen-bond donors (Lipinski definition) is 1. The number of nitrogens with zero attached hydrogens (tertiary/aromatic N) is 2. The third-order valence-corrected chi connectivity index (χ3v) is 4.92. The zero-order valence-electron chi connectivity index (χ0n) is 14.7. The second-order valence-electron chi connectivity index (χ2n) is 5.82. The van der Waals surface area contributed by atoms with Gasteiger partial charge in [0.2, 0.25) is 15.9 Å². The predicted octanol–water partition coefficient (Wildman–Crippen LogP) is 1.76. The van der Waals surface area contributed by atoms with Crippen LogP contribution in [0.4, 0.5) is 5.69 Å². The molecule has 2 aromatic rings. The van der Waals surface area contributed by atoms with Gasteiger partial charge in [0.05, 0.1) is 11.9 Å². The van der Waals surface area contributed by atoms with Crippen LogP contribution in [0.5, 0.6) is 0 Å². The monoisotopic (exact) mass is 375 g/mol. The van der Waals surface area contributed by atoms with Crippen LogP contribution in [0.3, 0.4) is 0 Å². The Morgan fingerprint density at radius 2 is 1.85 bits per heavy atom. The van der Waals surface area contributed by atoms with Crippen molar-refractivity contribution in [2.75, 3.05) is 17.1 Å². The molecule has 2 rings (SSSR count). The third kappa shape index (κ3) is 5.66. The van der Waals surface area contributed by atoms with Gasteiger partial charge in [0.15, 0.2) is 5.78 Å². The number of nitrogens with one attached hydrogen (secondary N) is 1. The fraction of sp³-hybridized carbons (Fsp3) is 0.278. The highest BCUT2D eigenvalue weighted by Gasteiger charge is 2.19. The summed E-state index contributed by atoms with van der Waals surface area (Å²) in [5.41, 5.74) is 1.68. The van der Waals surface area contributed by atoms with Crippen LogP contribution in [0, 0.1) is 0 Å². The largest absolute Gasteiger partial charge is 0.352 e. The van der Waals surface area contributed by atoms with Gasteiger partial charge in [-0.1, -0.05) is 12.1 Å². The number of Topliss-reactive ketones (excluding diaryl/α,β-unsaturated/α-hetero) is 1. The minimum Gasteiger partial charge on any atom is -0.352 e. The first-order valence-corrected chi connectivity index (χ1v) is 9.86.